The molecule has 2 nitrogen and oxygen atoms in total. The van der Waals surface area contributed by atoms with E-state index in [9.17, 15) is 0 Å². The van der Waals surface area contributed by atoms with Crippen LogP contribution in [0.25, 0.3) is 0 Å². The lowest BCUT2D eigenvalue weighted by molar-refractivity contribution is 0.0948. The molecule has 2 unspecified atom stereocenters. The molecule has 1 aliphatic rings. The average molecular weight is 347 g/mol. The van der Waals surface area contributed by atoms with Crippen molar-refractivity contribution in [2.45, 2.75) is 44.8 Å². The Labute approximate surface area is 129 Å². The lowest BCUT2D eigenvalue weighted by atomic mass is 9.99. The van der Waals surface area contributed by atoms with E-state index in [0.29, 0.717) is 12.1 Å². The summed E-state index contributed by atoms with van der Waals surface area (Å²) in [5.74, 6) is 0. The lowest BCUT2D eigenvalue weighted by Crippen LogP contribution is -2.34. The number of benzene rings is 1. The van der Waals surface area contributed by atoms with Crippen LogP contribution >= 0.6 is 27.5 Å². The molecule has 2 atom stereocenters. The van der Waals surface area contributed by atoms with Gasteiger partial charge in [-0.05, 0) is 49.9 Å². The topological polar surface area (TPSA) is 21.3 Å². The summed E-state index contributed by atoms with van der Waals surface area (Å²) < 4.78 is 6.76. The number of ether oxygens (including phenoxy) is 1. The van der Waals surface area contributed by atoms with Crippen molar-refractivity contribution in [1.29, 1.82) is 0 Å². The molecule has 1 aliphatic heterocycles. The Kier molecular flexibility index (Phi) is 6.14. The van der Waals surface area contributed by atoms with Gasteiger partial charge in [0, 0.05) is 22.1 Å². The van der Waals surface area contributed by atoms with Gasteiger partial charge in [0.15, 0.2) is 0 Å². The molecule has 0 aliphatic carbocycles. The molecule has 1 fully saturated rings. The molecule has 0 radical (unpaired) electrons. The van der Waals surface area contributed by atoms with Crippen LogP contribution in [0, 0.1) is 0 Å². The molecule has 1 heterocycles. The summed E-state index contributed by atoms with van der Waals surface area (Å²) in [6.45, 7) is 4.04. The maximum atomic E-state index is 6.30. The van der Waals surface area contributed by atoms with Crippen molar-refractivity contribution < 1.29 is 4.74 Å². The predicted octanol–water partition coefficient (Wildman–Crippen LogP) is 4.19. The summed E-state index contributed by atoms with van der Waals surface area (Å²) in [4.78, 5) is 0. The number of hydrogen-bond acceptors (Lipinski definition) is 2. The Hall–Kier alpha value is -0.0900. The number of nitrogens with one attached hydrogen (secondary N) is 1. The molecule has 19 heavy (non-hydrogen) atoms. The quantitative estimate of drug-likeness (QED) is 0.834. The summed E-state index contributed by atoms with van der Waals surface area (Å²) in [6.07, 6.45) is 4.83. The van der Waals surface area contributed by atoms with Gasteiger partial charge in [-0.2, -0.15) is 0 Å². The highest BCUT2D eigenvalue weighted by molar-refractivity contribution is 9.10. The van der Waals surface area contributed by atoms with Gasteiger partial charge in [0.1, 0.15) is 0 Å². The molecule has 4 heteroatoms. The molecule has 0 saturated carbocycles. The van der Waals surface area contributed by atoms with Crippen LogP contribution in [-0.2, 0) is 11.2 Å². The Balaban J connectivity index is 1.98. The molecule has 1 aromatic carbocycles. The number of halogens is 2. The van der Waals surface area contributed by atoms with E-state index in [1.807, 2.05) is 6.07 Å². The van der Waals surface area contributed by atoms with E-state index in [2.05, 4.69) is 40.3 Å². The van der Waals surface area contributed by atoms with Gasteiger partial charge in [-0.15, -0.1) is 0 Å². The minimum absolute atomic E-state index is 0.415. The monoisotopic (exact) mass is 345 g/mol. The van der Waals surface area contributed by atoms with Crippen molar-refractivity contribution in [2.75, 3.05) is 13.2 Å². The Morgan fingerprint density at radius 2 is 2.37 bits per heavy atom. The summed E-state index contributed by atoms with van der Waals surface area (Å²) in [5.41, 5.74) is 1.20. The highest BCUT2D eigenvalue weighted by Gasteiger charge is 2.21. The van der Waals surface area contributed by atoms with Gasteiger partial charge in [-0.1, -0.05) is 40.5 Å². The van der Waals surface area contributed by atoms with E-state index in [0.717, 1.165) is 35.5 Å². The Morgan fingerprint density at radius 1 is 1.53 bits per heavy atom. The molecule has 0 bridgehead atoms. The van der Waals surface area contributed by atoms with Gasteiger partial charge < -0.3 is 10.1 Å². The van der Waals surface area contributed by atoms with Crippen molar-refractivity contribution in [3.05, 3.63) is 33.3 Å². The van der Waals surface area contributed by atoms with Crippen LogP contribution in [-0.4, -0.2) is 25.3 Å². The third-order valence-corrected chi connectivity index (χ3v) is 4.39. The third-order valence-electron chi connectivity index (χ3n) is 3.55. The minimum atomic E-state index is 0.415. The van der Waals surface area contributed by atoms with Crippen molar-refractivity contribution in [1.82, 2.24) is 5.32 Å². The minimum Gasteiger partial charge on any atom is -0.378 e. The van der Waals surface area contributed by atoms with Crippen LogP contribution in [0.4, 0.5) is 0 Å². The maximum Gasteiger partial charge on any atom is 0.0590 e. The van der Waals surface area contributed by atoms with Gasteiger partial charge in [0.25, 0.3) is 0 Å². The first kappa shape index (κ1) is 15.3. The van der Waals surface area contributed by atoms with Crippen molar-refractivity contribution in [3.63, 3.8) is 0 Å². The lowest BCUT2D eigenvalue weighted by Gasteiger charge is -2.21. The number of rotatable bonds is 6. The van der Waals surface area contributed by atoms with E-state index in [-0.39, 0.29) is 0 Å². The van der Waals surface area contributed by atoms with Crippen LogP contribution < -0.4 is 5.32 Å². The Bertz CT molecular complexity index is 407. The maximum absolute atomic E-state index is 6.30. The highest BCUT2D eigenvalue weighted by Crippen LogP contribution is 2.24. The van der Waals surface area contributed by atoms with Gasteiger partial charge in [0.2, 0.25) is 0 Å². The molecule has 1 aromatic rings. The Morgan fingerprint density at radius 3 is 3.00 bits per heavy atom. The average Bonchev–Trinajstić information content (AvgIpc) is 2.86. The van der Waals surface area contributed by atoms with Gasteiger partial charge in [0.05, 0.1) is 6.10 Å². The summed E-state index contributed by atoms with van der Waals surface area (Å²) >= 11 is 9.75. The van der Waals surface area contributed by atoms with Crippen LogP contribution in [0.5, 0.6) is 0 Å². The van der Waals surface area contributed by atoms with E-state index in [1.54, 1.807) is 0 Å². The van der Waals surface area contributed by atoms with E-state index >= 15 is 0 Å². The van der Waals surface area contributed by atoms with Crippen LogP contribution in [0.2, 0.25) is 5.02 Å². The summed E-state index contributed by atoms with van der Waals surface area (Å²) in [7, 11) is 0. The fourth-order valence-electron chi connectivity index (χ4n) is 2.63. The first-order valence-electron chi connectivity index (χ1n) is 6.98. The zero-order chi connectivity index (χ0) is 13.7. The molecule has 1 N–H and O–H groups in total. The second-order valence-electron chi connectivity index (χ2n) is 5.07. The standard InChI is InChI=1S/C15H21BrClNO/c1-2-18-13(10-14-4-3-7-19-14)8-11-5-6-12(16)9-15(11)17/h5-6,9,13-14,18H,2-4,7-8,10H2,1H3. The molecular weight excluding hydrogens is 326 g/mol. The fraction of sp³-hybridized carbons (Fsp3) is 0.600. The predicted molar refractivity (Wildman–Crippen MR) is 83.9 cm³/mol. The first-order chi connectivity index (χ1) is 9.19. The van der Waals surface area contributed by atoms with Crippen LogP contribution in [0.15, 0.2) is 22.7 Å². The van der Waals surface area contributed by atoms with Crippen molar-refractivity contribution in [3.8, 4) is 0 Å². The second kappa shape index (κ2) is 7.63. The normalized spacial score (nSPS) is 20.7. The van der Waals surface area contributed by atoms with Crippen molar-refractivity contribution >= 4 is 27.5 Å². The highest BCUT2D eigenvalue weighted by atomic mass is 79.9. The first-order valence-corrected chi connectivity index (χ1v) is 8.15. The fourth-order valence-corrected chi connectivity index (χ4v) is 3.38. The molecule has 0 aromatic heterocycles. The molecular formula is C15H21BrClNO. The van der Waals surface area contributed by atoms with Crippen molar-refractivity contribution in [2.24, 2.45) is 0 Å². The van der Waals surface area contributed by atoms with Gasteiger partial charge >= 0.3 is 0 Å². The third kappa shape index (κ3) is 4.75. The smallest absolute Gasteiger partial charge is 0.0590 e. The SMILES string of the molecule is CCNC(Cc1ccc(Br)cc1Cl)CC1CCCO1. The second-order valence-corrected chi connectivity index (χ2v) is 6.39. The van der Waals surface area contributed by atoms with Gasteiger partial charge in [-0.3, -0.25) is 0 Å². The molecule has 106 valence electrons. The zero-order valence-corrected chi connectivity index (χ0v) is 13.6. The van der Waals surface area contributed by atoms with Crippen LogP contribution in [0.3, 0.4) is 0 Å². The molecule has 1 saturated heterocycles. The van der Waals surface area contributed by atoms with E-state index in [4.69, 9.17) is 16.3 Å². The largest absolute Gasteiger partial charge is 0.378 e. The summed E-state index contributed by atoms with van der Waals surface area (Å²) in [5, 5.41) is 4.39. The number of hydrogen-bond donors (Lipinski definition) is 1. The van der Waals surface area contributed by atoms with Crippen LogP contribution in [0.1, 0.15) is 31.7 Å². The van der Waals surface area contributed by atoms with Gasteiger partial charge in [-0.25, -0.2) is 0 Å². The molecule has 0 amide bonds. The molecule has 2 rings (SSSR count). The number of likely N-dealkylation sites (N-methyl/N-ethyl adjacent to an activating group) is 1. The van der Waals surface area contributed by atoms with E-state index in [1.165, 1.54) is 18.4 Å². The zero-order valence-electron chi connectivity index (χ0n) is 11.3. The van der Waals surface area contributed by atoms with E-state index < -0.39 is 0 Å². The molecule has 0 spiro atoms. The summed E-state index contributed by atoms with van der Waals surface area (Å²) in [6, 6.07) is 6.56.